The fourth-order valence-electron chi connectivity index (χ4n) is 1.49. The number of carboxylic acid groups (broad SMARTS) is 1. The number of aryl methyl sites for hydroxylation is 1. The molecule has 0 unspecified atom stereocenters. The maximum Gasteiger partial charge on any atom is 0.335 e. The number of carboxylic acids is 1. The number of rotatable bonds is 3. The number of carbonyl (C=O) groups is 1. The molecule has 0 bridgehead atoms. The molecule has 2 rings (SSSR count). The van der Waals surface area contributed by atoms with Crippen LogP contribution in [0.1, 0.15) is 15.9 Å². The lowest BCUT2D eigenvalue weighted by molar-refractivity contribution is 0.0696. The summed E-state index contributed by atoms with van der Waals surface area (Å²) in [7, 11) is 0. The van der Waals surface area contributed by atoms with E-state index in [2.05, 4.69) is 15.3 Å². The van der Waals surface area contributed by atoms with E-state index in [0.29, 0.717) is 16.9 Å². The molecule has 86 valence electrons. The second-order valence-electron chi connectivity index (χ2n) is 3.55. The van der Waals surface area contributed by atoms with Gasteiger partial charge in [-0.3, -0.25) is 4.98 Å². The lowest BCUT2D eigenvalue weighted by atomic mass is 10.1. The molecular weight excluding hydrogens is 218 g/mol. The zero-order valence-corrected chi connectivity index (χ0v) is 9.21. The van der Waals surface area contributed by atoms with Crippen molar-refractivity contribution in [3.8, 4) is 0 Å². The van der Waals surface area contributed by atoms with Crippen LogP contribution in [-0.2, 0) is 0 Å². The van der Waals surface area contributed by atoms with Gasteiger partial charge in [-0.1, -0.05) is 0 Å². The zero-order valence-electron chi connectivity index (χ0n) is 9.21. The lowest BCUT2D eigenvalue weighted by Crippen LogP contribution is -2.01. The van der Waals surface area contributed by atoms with Gasteiger partial charge in [0.05, 0.1) is 11.8 Å². The van der Waals surface area contributed by atoms with Gasteiger partial charge in [-0.05, 0) is 30.7 Å². The highest BCUT2D eigenvalue weighted by atomic mass is 16.4. The van der Waals surface area contributed by atoms with Crippen LogP contribution in [-0.4, -0.2) is 21.0 Å². The highest BCUT2D eigenvalue weighted by Crippen LogP contribution is 2.18. The summed E-state index contributed by atoms with van der Waals surface area (Å²) in [6.07, 6.45) is 4.77. The Morgan fingerprint density at radius 1 is 1.35 bits per heavy atom. The number of nitrogens with one attached hydrogen (secondary N) is 1. The van der Waals surface area contributed by atoms with Gasteiger partial charge in [-0.25, -0.2) is 9.78 Å². The van der Waals surface area contributed by atoms with E-state index in [1.54, 1.807) is 43.7 Å². The Hall–Kier alpha value is -2.43. The molecule has 2 aromatic rings. The van der Waals surface area contributed by atoms with Crippen LogP contribution in [0.3, 0.4) is 0 Å². The van der Waals surface area contributed by atoms with E-state index in [1.165, 1.54) is 0 Å². The minimum Gasteiger partial charge on any atom is -0.478 e. The molecule has 0 aliphatic rings. The number of hydrogen-bond acceptors (Lipinski definition) is 4. The molecule has 0 aliphatic carbocycles. The maximum atomic E-state index is 10.8. The molecule has 0 fully saturated rings. The molecule has 0 aliphatic heterocycles. The van der Waals surface area contributed by atoms with E-state index in [1.807, 2.05) is 0 Å². The highest BCUT2D eigenvalue weighted by molar-refractivity contribution is 5.90. The molecule has 1 aromatic carbocycles. The quantitative estimate of drug-likeness (QED) is 0.844. The molecule has 17 heavy (non-hydrogen) atoms. The Bertz CT molecular complexity index is 541. The first-order chi connectivity index (χ1) is 8.16. The van der Waals surface area contributed by atoms with Gasteiger partial charge in [-0.15, -0.1) is 0 Å². The van der Waals surface area contributed by atoms with Crippen molar-refractivity contribution in [2.24, 2.45) is 0 Å². The molecule has 2 N–H and O–H groups in total. The van der Waals surface area contributed by atoms with E-state index < -0.39 is 5.97 Å². The first-order valence-electron chi connectivity index (χ1n) is 5.04. The minimum absolute atomic E-state index is 0.301. The standard InChI is InChI=1S/C12H11N3O2/c1-8-6-9(2-3-10(8)12(16)17)15-11-7-13-4-5-14-11/h2-7H,1H3,(H,14,15)(H,16,17). The smallest absolute Gasteiger partial charge is 0.335 e. The van der Waals surface area contributed by atoms with Gasteiger partial charge in [-0.2, -0.15) is 0 Å². The third-order valence-corrected chi connectivity index (χ3v) is 2.29. The summed E-state index contributed by atoms with van der Waals surface area (Å²) in [6.45, 7) is 1.76. The molecule has 0 saturated carbocycles. The first kappa shape index (κ1) is 11.1. The largest absolute Gasteiger partial charge is 0.478 e. The fraction of sp³-hybridized carbons (Fsp3) is 0.0833. The van der Waals surface area contributed by atoms with Crippen molar-refractivity contribution in [1.82, 2.24) is 9.97 Å². The molecule has 0 saturated heterocycles. The third kappa shape index (κ3) is 2.57. The minimum atomic E-state index is -0.923. The SMILES string of the molecule is Cc1cc(Nc2cnccn2)ccc1C(=O)O. The predicted molar refractivity (Wildman–Crippen MR) is 63.5 cm³/mol. The molecule has 0 spiro atoms. The average Bonchev–Trinajstić information content (AvgIpc) is 2.30. The monoisotopic (exact) mass is 229 g/mol. The molecule has 5 heteroatoms. The summed E-state index contributed by atoms with van der Waals surface area (Å²) in [5.74, 6) is -0.302. The number of benzene rings is 1. The fourth-order valence-corrected chi connectivity index (χ4v) is 1.49. The second kappa shape index (κ2) is 4.61. The normalized spacial score (nSPS) is 9.94. The van der Waals surface area contributed by atoms with Gasteiger partial charge in [0.25, 0.3) is 0 Å². The van der Waals surface area contributed by atoms with Crippen LogP contribution in [0.15, 0.2) is 36.8 Å². The van der Waals surface area contributed by atoms with Crippen LogP contribution < -0.4 is 5.32 Å². The van der Waals surface area contributed by atoms with Crippen LogP contribution in [0.25, 0.3) is 0 Å². The van der Waals surface area contributed by atoms with Crippen molar-refractivity contribution in [1.29, 1.82) is 0 Å². The number of aromatic carboxylic acids is 1. The molecule has 0 atom stereocenters. The van der Waals surface area contributed by atoms with Crippen molar-refractivity contribution >= 4 is 17.5 Å². The van der Waals surface area contributed by atoms with Gasteiger partial charge >= 0.3 is 5.97 Å². The van der Waals surface area contributed by atoms with E-state index in [4.69, 9.17) is 5.11 Å². The molecule has 1 heterocycles. The Labute approximate surface area is 98.2 Å². The van der Waals surface area contributed by atoms with Crippen molar-refractivity contribution in [2.75, 3.05) is 5.32 Å². The molecule has 5 nitrogen and oxygen atoms in total. The second-order valence-corrected chi connectivity index (χ2v) is 3.55. The summed E-state index contributed by atoms with van der Waals surface area (Å²) < 4.78 is 0. The van der Waals surface area contributed by atoms with Crippen molar-refractivity contribution in [3.05, 3.63) is 47.9 Å². The van der Waals surface area contributed by atoms with Gasteiger partial charge in [0, 0.05) is 18.1 Å². The first-order valence-corrected chi connectivity index (χ1v) is 5.04. The molecule has 0 amide bonds. The van der Waals surface area contributed by atoms with Crippen molar-refractivity contribution in [2.45, 2.75) is 6.92 Å². The Balaban J connectivity index is 2.24. The lowest BCUT2D eigenvalue weighted by Gasteiger charge is -2.07. The number of nitrogens with zero attached hydrogens (tertiary/aromatic N) is 2. The summed E-state index contributed by atoms with van der Waals surface area (Å²) in [4.78, 5) is 18.8. The molecule has 1 aromatic heterocycles. The Morgan fingerprint density at radius 3 is 2.76 bits per heavy atom. The van der Waals surface area contributed by atoms with Crippen molar-refractivity contribution in [3.63, 3.8) is 0 Å². The summed E-state index contributed by atoms with van der Waals surface area (Å²) in [5, 5.41) is 11.9. The average molecular weight is 229 g/mol. The number of hydrogen-bond donors (Lipinski definition) is 2. The Morgan fingerprint density at radius 2 is 2.18 bits per heavy atom. The van der Waals surface area contributed by atoms with Gasteiger partial charge in [0.2, 0.25) is 0 Å². The topological polar surface area (TPSA) is 75.1 Å². The van der Waals surface area contributed by atoms with E-state index >= 15 is 0 Å². The number of anilines is 2. The Kier molecular flexibility index (Phi) is 3.00. The van der Waals surface area contributed by atoms with Crippen LogP contribution in [0.4, 0.5) is 11.5 Å². The summed E-state index contributed by atoms with van der Waals surface area (Å²) in [6, 6.07) is 5.03. The summed E-state index contributed by atoms with van der Waals surface area (Å²) >= 11 is 0. The zero-order chi connectivity index (χ0) is 12.3. The van der Waals surface area contributed by atoms with Crippen LogP contribution in [0, 0.1) is 6.92 Å². The van der Waals surface area contributed by atoms with Crippen molar-refractivity contribution < 1.29 is 9.90 Å². The van der Waals surface area contributed by atoms with Gasteiger partial charge in [0.1, 0.15) is 5.82 Å². The van der Waals surface area contributed by atoms with Crippen LogP contribution in [0.2, 0.25) is 0 Å². The predicted octanol–water partition coefficient (Wildman–Crippen LogP) is 2.23. The summed E-state index contributed by atoms with van der Waals surface area (Å²) in [5.41, 5.74) is 1.79. The van der Waals surface area contributed by atoms with Gasteiger partial charge < -0.3 is 10.4 Å². The van der Waals surface area contributed by atoms with Gasteiger partial charge in [0.15, 0.2) is 0 Å². The van der Waals surface area contributed by atoms with Crippen LogP contribution in [0.5, 0.6) is 0 Å². The van der Waals surface area contributed by atoms with E-state index in [9.17, 15) is 4.79 Å². The third-order valence-electron chi connectivity index (χ3n) is 2.29. The molecule has 0 radical (unpaired) electrons. The highest BCUT2D eigenvalue weighted by Gasteiger charge is 2.07. The number of aromatic nitrogens is 2. The molecular formula is C12H11N3O2. The van der Waals surface area contributed by atoms with E-state index in [0.717, 1.165) is 5.69 Å². The van der Waals surface area contributed by atoms with Crippen LogP contribution >= 0.6 is 0 Å². The maximum absolute atomic E-state index is 10.8. The van der Waals surface area contributed by atoms with E-state index in [-0.39, 0.29) is 0 Å².